The number of hydrogen-bond donors (Lipinski definition) is 1. The van der Waals surface area contributed by atoms with Crippen molar-refractivity contribution >= 4 is 23.0 Å². The first-order chi connectivity index (χ1) is 18.7. The van der Waals surface area contributed by atoms with E-state index in [4.69, 9.17) is 9.15 Å². The van der Waals surface area contributed by atoms with E-state index in [1.165, 1.54) is 5.56 Å². The van der Waals surface area contributed by atoms with Crippen molar-refractivity contribution in [1.29, 1.82) is 0 Å². The molecule has 0 spiro atoms. The molecule has 0 aliphatic rings. The van der Waals surface area contributed by atoms with Crippen LogP contribution in [0.25, 0.3) is 11.0 Å². The van der Waals surface area contributed by atoms with Crippen molar-refractivity contribution in [1.82, 2.24) is 15.2 Å². The fourth-order valence-electron chi connectivity index (χ4n) is 4.24. The zero-order valence-corrected chi connectivity index (χ0v) is 23.5. The maximum absolute atomic E-state index is 13.3. The van der Waals surface area contributed by atoms with Crippen LogP contribution in [0.15, 0.2) is 89.8 Å². The molecule has 2 heterocycles. The average Bonchev–Trinajstić information content (AvgIpc) is 3.37. The van der Waals surface area contributed by atoms with Crippen molar-refractivity contribution in [2.75, 3.05) is 0 Å². The lowest BCUT2D eigenvalue weighted by Gasteiger charge is -2.28. The first-order valence-electron chi connectivity index (χ1n) is 13.3. The van der Waals surface area contributed by atoms with Gasteiger partial charge in [-0.2, -0.15) is 0 Å². The summed E-state index contributed by atoms with van der Waals surface area (Å²) in [4.78, 5) is 31.5. The number of hydrogen-bond acceptors (Lipinski definition) is 5. The molecule has 0 saturated heterocycles. The number of fused-ring (bicyclic) bond motifs is 1. The Morgan fingerprint density at radius 3 is 2.33 bits per heavy atom. The van der Waals surface area contributed by atoms with Crippen LogP contribution in [0.4, 0.5) is 4.79 Å². The largest absolute Gasteiger partial charge is 0.464 e. The summed E-state index contributed by atoms with van der Waals surface area (Å²) in [6.07, 6.45) is 6.09. The number of rotatable bonds is 9. The van der Waals surface area contributed by atoms with Crippen LogP contribution in [0.3, 0.4) is 0 Å². The van der Waals surface area contributed by atoms with Gasteiger partial charge < -0.3 is 19.4 Å². The predicted molar refractivity (Wildman–Crippen MR) is 154 cm³/mol. The third-order valence-corrected chi connectivity index (χ3v) is 6.19. The Morgan fingerprint density at radius 2 is 1.69 bits per heavy atom. The minimum absolute atomic E-state index is 0.195. The summed E-state index contributed by atoms with van der Waals surface area (Å²) in [6.45, 7) is 10.3. The van der Waals surface area contributed by atoms with E-state index < -0.39 is 17.7 Å². The normalized spacial score (nSPS) is 11.7. The molecular weight excluding hydrogens is 490 g/mol. The lowest BCUT2D eigenvalue weighted by molar-refractivity contribution is -0.134. The van der Waals surface area contributed by atoms with Crippen molar-refractivity contribution in [3.05, 3.63) is 102 Å². The number of furan rings is 1. The van der Waals surface area contributed by atoms with E-state index in [-0.39, 0.29) is 5.91 Å². The van der Waals surface area contributed by atoms with E-state index in [1.807, 2.05) is 75.4 Å². The Labute approximate surface area is 231 Å². The highest BCUT2D eigenvalue weighted by atomic mass is 16.6. The third kappa shape index (κ3) is 9.60. The lowest BCUT2D eigenvalue weighted by Crippen LogP contribution is -2.48. The number of nitrogens with one attached hydrogen (secondary N) is 1. The van der Waals surface area contributed by atoms with Crippen LogP contribution in [0.1, 0.15) is 57.2 Å². The van der Waals surface area contributed by atoms with Crippen molar-refractivity contribution in [3.8, 4) is 0 Å². The highest BCUT2D eigenvalue weighted by molar-refractivity contribution is 5.85. The molecule has 206 valence electrons. The Hall–Kier alpha value is -4.13. The van der Waals surface area contributed by atoms with Gasteiger partial charge in [0.05, 0.1) is 6.26 Å². The first kappa shape index (κ1) is 29.4. The molecule has 39 heavy (non-hydrogen) atoms. The quantitative estimate of drug-likeness (QED) is 0.251. The summed E-state index contributed by atoms with van der Waals surface area (Å²) >= 11 is 0. The number of nitrogens with zero attached hydrogens (tertiary/aromatic N) is 2. The summed E-state index contributed by atoms with van der Waals surface area (Å²) in [5, 5.41) is 3.67. The predicted octanol–water partition coefficient (Wildman–Crippen LogP) is 7.05. The van der Waals surface area contributed by atoms with Crippen LogP contribution in [0, 0.1) is 6.92 Å². The van der Waals surface area contributed by atoms with Crippen LogP contribution < -0.4 is 5.32 Å². The molecule has 2 amide bonds. The summed E-state index contributed by atoms with van der Waals surface area (Å²) in [7, 11) is 0. The molecule has 1 atom stereocenters. The van der Waals surface area contributed by atoms with E-state index in [0.29, 0.717) is 13.1 Å². The average molecular weight is 530 g/mol. The van der Waals surface area contributed by atoms with E-state index in [9.17, 15) is 9.59 Å². The standard InChI is InChI=1S/C25H31N3O4.C7H8/c1-5-11-25(3,4)32-24(30)27-18(2)23(29)28(16-19-8-12-26-13-9-19)17-20-6-7-22-21(15-20)10-14-31-22;1-7-5-3-2-4-6-7/h6-10,12-15,18H,5,11,16-17H2,1-4H3,(H,27,30);2-6H,1H3/t18-;/m1./s1. The van der Waals surface area contributed by atoms with Gasteiger partial charge in [-0.1, -0.05) is 55.3 Å². The molecule has 0 fully saturated rings. The van der Waals surface area contributed by atoms with Crippen LogP contribution in [0.2, 0.25) is 0 Å². The maximum Gasteiger partial charge on any atom is 0.408 e. The van der Waals surface area contributed by atoms with Gasteiger partial charge in [0, 0.05) is 30.9 Å². The molecule has 2 aromatic heterocycles. The fraction of sp³-hybridized carbons (Fsp3) is 0.344. The van der Waals surface area contributed by atoms with Gasteiger partial charge in [-0.3, -0.25) is 9.78 Å². The Kier molecular flexibility index (Phi) is 10.7. The number of ether oxygens (including phenoxy) is 1. The number of pyridine rings is 1. The van der Waals surface area contributed by atoms with E-state index in [2.05, 4.69) is 29.4 Å². The summed E-state index contributed by atoms with van der Waals surface area (Å²) in [6, 6.07) is 21.0. The van der Waals surface area contributed by atoms with Gasteiger partial charge in [-0.25, -0.2) is 4.79 Å². The number of amides is 2. The summed E-state index contributed by atoms with van der Waals surface area (Å²) < 4.78 is 10.9. The van der Waals surface area contributed by atoms with Crippen LogP contribution >= 0.6 is 0 Å². The van der Waals surface area contributed by atoms with Crippen LogP contribution in [-0.2, 0) is 22.6 Å². The van der Waals surface area contributed by atoms with Crippen molar-refractivity contribution in [2.45, 2.75) is 72.2 Å². The number of benzene rings is 2. The fourth-order valence-corrected chi connectivity index (χ4v) is 4.24. The topological polar surface area (TPSA) is 84.7 Å². The number of alkyl carbamates (subject to hydrolysis) is 1. The highest BCUT2D eigenvalue weighted by Gasteiger charge is 2.27. The number of carbonyl (C=O) groups excluding carboxylic acids is 2. The van der Waals surface area contributed by atoms with Crippen molar-refractivity contribution in [3.63, 3.8) is 0 Å². The van der Waals surface area contributed by atoms with E-state index in [1.54, 1.807) is 30.5 Å². The molecule has 0 saturated carbocycles. The SMILES string of the molecule is CCCC(C)(C)OC(=O)N[C@H](C)C(=O)N(Cc1ccncc1)Cc1ccc2occc2c1.Cc1ccccc1. The zero-order chi connectivity index (χ0) is 28.3. The Bertz CT molecular complexity index is 1320. The van der Waals surface area contributed by atoms with Gasteiger partial charge >= 0.3 is 6.09 Å². The number of aromatic nitrogens is 1. The Morgan fingerprint density at radius 1 is 1.00 bits per heavy atom. The van der Waals surface area contributed by atoms with Gasteiger partial charge in [0.25, 0.3) is 0 Å². The second-order valence-electron chi connectivity index (χ2n) is 10.3. The van der Waals surface area contributed by atoms with E-state index >= 15 is 0 Å². The monoisotopic (exact) mass is 529 g/mol. The molecule has 7 nitrogen and oxygen atoms in total. The van der Waals surface area contributed by atoms with Gasteiger partial charge in [-0.05, 0) is 75.6 Å². The van der Waals surface area contributed by atoms with Gasteiger partial charge in [-0.15, -0.1) is 0 Å². The van der Waals surface area contributed by atoms with Crippen molar-refractivity contribution < 1.29 is 18.7 Å². The minimum atomic E-state index is -0.737. The molecule has 4 aromatic rings. The lowest BCUT2D eigenvalue weighted by atomic mass is 10.0. The molecule has 2 aromatic carbocycles. The second-order valence-corrected chi connectivity index (χ2v) is 10.3. The van der Waals surface area contributed by atoms with Crippen LogP contribution in [-0.4, -0.2) is 33.5 Å². The van der Waals surface area contributed by atoms with Gasteiger partial charge in [0.2, 0.25) is 5.91 Å². The Balaban J connectivity index is 0.000000520. The molecule has 0 bridgehead atoms. The highest BCUT2D eigenvalue weighted by Crippen LogP contribution is 2.20. The summed E-state index contributed by atoms with van der Waals surface area (Å²) in [5.74, 6) is -0.195. The van der Waals surface area contributed by atoms with E-state index in [0.717, 1.165) is 34.9 Å². The molecule has 0 unspecified atom stereocenters. The molecule has 0 aliphatic carbocycles. The maximum atomic E-state index is 13.3. The summed E-state index contributed by atoms with van der Waals surface area (Å²) in [5.41, 5.74) is 3.46. The molecule has 7 heteroatoms. The van der Waals surface area contributed by atoms with Gasteiger partial charge in [0.1, 0.15) is 17.2 Å². The van der Waals surface area contributed by atoms with Crippen molar-refractivity contribution in [2.24, 2.45) is 0 Å². The molecule has 0 aliphatic heterocycles. The second kappa shape index (κ2) is 14.1. The first-order valence-corrected chi connectivity index (χ1v) is 13.3. The van der Waals surface area contributed by atoms with Crippen LogP contribution in [0.5, 0.6) is 0 Å². The molecular formula is C32H39N3O4. The minimum Gasteiger partial charge on any atom is -0.464 e. The number of carbonyl (C=O) groups is 2. The zero-order valence-electron chi connectivity index (χ0n) is 23.5. The smallest absolute Gasteiger partial charge is 0.408 e. The molecule has 0 radical (unpaired) electrons. The third-order valence-electron chi connectivity index (χ3n) is 6.19. The molecule has 1 N–H and O–H groups in total. The van der Waals surface area contributed by atoms with Gasteiger partial charge in [0.15, 0.2) is 0 Å². The number of aryl methyl sites for hydroxylation is 1. The molecule has 4 rings (SSSR count).